The van der Waals surface area contributed by atoms with Crippen molar-refractivity contribution in [2.24, 2.45) is 5.92 Å². The number of aryl methyl sites for hydroxylation is 1. The number of hydrogen-bond acceptors (Lipinski definition) is 6. The average molecular weight is 411 g/mol. The number of amides is 2. The molecule has 27 heavy (non-hydrogen) atoms. The highest BCUT2D eigenvalue weighted by atomic mass is 32.2. The van der Waals surface area contributed by atoms with Crippen LogP contribution < -0.4 is 10.9 Å². The number of thiophene rings is 1. The number of aromatic nitrogens is 2. The molecule has 0 aromatic carbocycles. The number of aromatic amines is 1. The maximum Gasteiger partial charge on any atom is 0.260 e. The van der Waals surface area contributed by atoms with Gasteiger partial charge in [-0.05, 0) is 24.8 Å². The Bertz CT molecular complexity index is 889. The minimum atomic E-state index is -0.280. The Balaban J connectivity index is 2.09. The molecule has 0 aliphatic heterocycles. The van der Waals surface area contributed by atoms with Crippen molar-refractivity contribution in [2.45, 2.75) is 38.8 Å². The number of thioether (sulfide) groups is 1. The quantitative estimate of drug-likeness (QED) is 0.514. The molecule has 1 atom stereocenters. The second-order valence-corrected chi connectivity index (χ2v) is 8.93. The van der Waals surface area contributed by atoms with Crippen molar-refractivity contribution in [1.29, 1.82) is 0 Å². The van der Waals surface area contributed by atoms with Gasteiger partial charge in [-0.1, -0.05) is 32.0 Å². The van der Waals surface area contributed by atoms with Gasteiger partial charge in [-0.25, -0.2) is 4.98 Å². The van der Waals surface area contributed by atoms with Gasteiger partial charge in [0.15, 0.2) is 5.16 Å². The number of hydrogen-bond donors (Lipinski definition) is 2. The summed E-state index contributed by atoms with van der Waals surface area (Å²) in [5, 5.41) is 3.64. The topological polar surface area (TPSA) is 95.2 Å². The second kappa shape index (κ2) is 9.36. The minimum Gasteiger partial charge on any atom is -0.347 e. The van der Waals surface area contributed by atoms with Crippen LogP contribution in [0.25, 0.3) is 10.2 Å². The lowest BCUT2D eigenvalue weighted by atomic mass is 9.98. The zero-order valence-corrected chi connectivity index (χ0v) is 18.0. The third-order valence-electron chi connectivity index (χ3n) is 4.37. The first kappa shape index (κ1) is 21.4. The van der Waals surface area contributed by atoms with E-state index in [0.29, 0.717) is 21.3 Å². The molecular weight excluding hydrogens is 384 g/mol. The van der Waals surface area contributed by atoms with Crippen LogP contribution in [0.5, 0.6) is 0 Å². The SMILES string of the molecule is CC[C@@H](C)Cc1c(C)sc2nc(SCC(=O)NCC(=O)N(C)C)[nH]c(=O)c12. The molecule has 0 fully saturated rings. The molecule has 0 aliphatic carbocycles. The van der Waals surface area contributed by atoms with Gasteiger partial charge in [-0.3, -0.25) is 14.4 Å². The Morgan fingerprint density at radius 1 is 1.37 bits per heavy atom. The van der Waals surface area contributed by atoms with E-state index in [-0.39, 0.29) is 29.7 Å². The van der Waals surface area contributed by atoms with Gasteiger partial charge in [0.05, 0.1) is 17.7 Å². The number of H-pyrrole nitrogens is 1. The summed E-state index contributed by atoms with van der Waals surface area (Å²) >= 11 is 2.67. The van der Waals surface area contributed by atoms with E-state index in [1.165, 1.54) is 16.2 Å². The normalized spacial score (nSPS) is 12.2. The zero-order chi connectivity index (χ0) is 20.1. The summed E-state index contributed by atoms with van der Waals surface area (Å²) in [6.07, 6.45) is 1.92. The molecule has 7 nitrogen and oxygen atoms in total. The smallest absolute Gasteiger partial charge is 0.260 e. The van der Waals surface area contributed by atoms with Gasteiger partial charge in [0, 0.05) is 19.0 Å². The average Bonchev–Trinajstić information content (AvgIpc) is 2.93. The Morgan fingerprint density at radius 3 is 2.70 bits per heavy atom. The molecule has 2 N–H and O–H groups in total. The first-order valence-corrected chi connectivity index (χ1v) is 10.6. The lowest BCUT2D eigenvalue weighted by molar-refractivity contribution is -0.130. The number of fused-ring (bicyclic) bond motifs is 1. The minimum absolute atomic E-state index is 0.0432. The molecule has 2 amide bonds. The third kappa shape index (κ3) is 5.55. The molecule has 0 saturated carbocycles. The van der Waals surface area contributed by atoms with Crippen molar-refractivity contribution in [3.05, 3.63) is 20.8 Å². The van der Waals surface area contributed by atoms with E-state index in [4.69, 9.17) is 0 Å². The van der Waals surface area contributed by atoms with E-state index >= 15 is 0 Å². The zero-order valence-electron chi connectivity index (χ0n) is 16.3. The summed E-state index contributed by atoms with van der Waals surface area (Å²) in [4.78, 5) is 46.5. The van der Waals surface area contributed by atoms with Crippen LogP contribution in [-0.4, -0.2) is 53.1 Å². The molecule has 0 spiro atoms. The molecule has 2 heterocycles. The fraction of sp³-hybridized carbons (Fsp3) is 0.556. The summed E-state index contributed by atoms with van der Waals surface area (Å²) in [7, 11) is 3.26. The lowest BCUT2D eigenvalue weighted by Crippen LogP contribution is -2.37. The molecule has 2 aromatic heterocycles. The Morgan fingerprint density at radius 2 is 2.07 bits per heavy atom. The summed E-state index contributed by atoms with van der Waals surface area (Å²) in [5.74, 6) is 0.129. The Kier molecular flexibility index (Phi) is 7.43. The number of nitrogens with zero attached hydrogens (tertiary/aromatic N) is 2. The maximum absolute atomic E-state index is 12.6. The van der Waals surface area contributed by atoms with E-state index in [2.05, 4.69) is 29.1 Å². The van der Waals surface area contributed by atoms with Crippen LogP contribution in [0.2, 0.25) is 0 Å². The number of likely N-dealkylation sites (N-methyl/N-ethyl adjacent to an activating group) is 1. The highest BCUT2D eigenvalue weighted by Gasteiger charge is 2.17. The molecule has 2 rings (SSSR count). The monoisotopic (exact) mass is 410 g/mol. The van der Waals surface area contributed by atoms with Crippen LogP contribution in [0.4, 0.5) is 0 Å². The fourth-order valence-electron chi connectivity index (χ4n) is 2.48. The van der Waals surface area contributed by atoms with Crippen molar-refractivity contribution >= 4 is 45.1 Å². The van der Waals surface area contributed by atoms with Gasteiger partial charge in [-0.15, -0.1) is 11.3 Å². The van der Waals surface area contributed by atoms with Crippen molar-refractivity contribution in [1.82, 2.24) is 20.2 Å². The van der Waals surface area contributed by atoms with Crippen LogP contribution in [0.15, 0.2) is 9.95 Å². The number of carbonyl (C=O) groups excluding carboxylic acids is 2. The van der Waals surface area contributed by atoms with Gasteiger partial charge < -0.3 is 15.2 Å². The van der Waals surface area contributed by atoms with Gasteiger partial charge in [0.1, 0.15) is 4.83 Å². The molecule has 148 valence electrons. The third-order valence-corrected chi connectivity index (χ3v) is 6.28. The molecule has 0 aliphatic rings. The van der Waals surface area contributed by atoms with Gasteiger partial charge in [0.25, 0.3) is 5.56 Å². The molecular formula is C18H26N4O3S2. The standard InChI is InChI=1S/C18H26N4O3S2/c1-6-10(2)7-12-11(3)27-17-15(12)16(25)20-18(21-17)26-9-13(23)19-8-14(24)22(4)5/h10H,6-9H2,1-5H3,(H,19,23)(H,20,21,25)/t10-/m1/s1. The van der Waals surface area contributed by atoms with Gasteiger partial charge >= 0.3 is 0 Å². The predicted octanol–water partition coefficient (Wildman–Crippen LogP) is 2.18. The van der Waals surface area contributed by atoms with E-state index in [1.807, 2.05) is 6.92 Å². The van der Waals surface area contributed by atoms with Crippen LogP contribution in [-0.2, 0) is 16.0 Å². The molecule has 9 heteroatoms. The molecule has 0 unspecified atom stereocenters. The molecule has 0 bridgehead atoms. The van der Waals surface area contributed by atoms with Crippen molar-refractivity contribution in [3.63, 3.8) is 0 Å². The summed E-state index contributed by atoms with van der Waals surface area (Å²) in [5.41, 5.74) is 0.919. The lowest BCUT2D eigenvalue weighted by Gasteiger charge is -2.10. The fourth-order valence-corrected chi connectivity index (χ4v) is 4.28. The largest absolute Gasteiger partial charge is 0.347 e. The van der Waals surface area contributed by atoms with E-state index in [1.54, 1.807) is 14.1 Å². The molecule has 0 saturated heterocycles. The summed E-state index contributed by atoms with van der Waals surface area (Å²) in [6.45, 7) is 6.29. The van der Waals surface area contributed by atoms with Crippen LogP contribution in [0.3, 0.4) is 0 Å². The highest BCUT2D eigenvalue weighted by molar-refractivity contribution is 7.99. The second-order valence-electron chi connectivity index (χ2n) is 6.76. The van der Waals surface area contributed by atoms with Crippen LogP contribution >= 0.6 is 23.1 Å². The Hall–Kier alpha value is -1.87. The van der Waals surface area contributed by atoms with Crippen molar-refractivity contribution < 1.29 is 9.59 Å². The van der Waals surface area contributed by atoms with Crippen molar-refractivity contribution in [2.75, 3.05) is 26.4 Å². The summed E-state index contributed by atoms with van der Waals surface area (Å²) in [6, 6.07) is 0. The molecule has 2 aromatic rings. The first-order valence-electron chi connectivity index (χ1n) is 8.84. The highest BCUT2D eigenvalue weighted by Crippen LogP contribution is 2.30. The van der Waals surface area contributed by atoms with Gasteiger partial charge in [-0.2, -0.15) is 0 Å². The van der Waals surface area contributed by atoms with Crippen LogP contribution in [0.1, 0.15) is 30.7 Å². The van der Waals surface area contributed by atoms with Crippen LogP contribution in [0, 0.1) is 12.8 Å². The van der Waals surface area contributed by atoms with Gasteiger partial charge in [0.2, 0.25) is 11.8 Å². The van der Waals surface area contributed by atoms with E-state index in [9.17, 15) is 14.4 Å². The van der Waals surface area contributed by atoms with Crippen molar-refractivity contribution in [3.8, 4) is 0 Å². The number of rotatable bonds is 8. The predicted molar refractivity (Wildman–Crippen MR) is 111 cm³/mol. The maximum atomic E-state index is 12.6. The summed E-state index contributed by atoms with van der Waals surface area (Å²) < 4.78 is 0. The van der Waals surface area contributed by atoms with E-state index < -0.39 is 0 Å². The Labute approximate surface area is 166 Å². The first-order chi connectivity index (χ1) is 12.7. The number of nitrogens with one attached hydrogen (secondary N) is 2. The molecule has 0 radical (unpaired) electrons. The number of carbonyl (C=O) groups is 2. The van der Waals surface area contributed by atoms with E-state index in [0.717, 1.165) is 35.0 Å².